The van der Waals surface area contributed by atoms with Gasteiger partial charge in [-0.1, -0.05) is 71.9 Å². The third-order valence-electron chi connectivity index (χ3n) is 11.9. The van der Waals surface area contributed by atoms with Gasteiger partial charge in [0.15, 0.2) is 0 Å². The van der Waals surface area contributed by atoms with Crippen molar-refractivity contribution in [3.05, 3.63) is 83.9 Å². The van der Waals surface area contributed by atoms with Crippen LogP contribution in [0.5, 0.6) is 0 Å². The second-order valence-electron chi connectivity index (χ2n) is 18.6. The van der Waals surface area contributed by atoms with Crippen LogP contribution in [0, 0.1) is 11.8 Å². The van der Waals surface area contributed by atoms with Gasteiger partial charge in [0.25, 0.3) is 9.05 Å². The molecule has 5 heterocycles. The Balaban J connectivity index is 0.000000192. The summed E-state index contributed by atoms with van der Waals surface area (Å²) in [5.74, 6) is 3.31. The van der Waals surface area contributed by atoms with E-state index in [1.807, 2.05) is 30.3 Å². The van der Waals surface area contributed by atoms with Gasteiger partial charge in [-0.2, -0.15) is 4.31 Å². The Morgan fingerprint density at radius 3 is 1.61 bits per heavy atom. The van der Waals surface area contributed by atoms with E-state index >= 15 is 0 Å². The van der Waals surface area contributed by atoms with Crippen molar-refractivity contribution in [1.29, 1.82) is 0 Å². The van der Waals surface area contributed by atoms with Crippen molar-refractivity contribution in [3.8, 4) is 0 Å². The molecule has 0 saturated carbocycles. The lowest BCUT2D eigenvalue weighted by molar-refractivity contribution is 0.0610. The van der Waals surface area contributed by atoms with Crippen molar-refractivity contribution < 1.29 is 26.3 Å². The van der Waals surface area contributed by atoms with Crippen molar-refractivity contribution >= 4 is 51.8 Å². The molecule has 3 fully saturated rings. The van der Waals surface area contributed by atoms with E-state index in [4.69, 9.17) is 30.1 Å². The van der Waals surface area contributed by atoms with Gasteiger partial charge in [-0.15, -0.1) is 0 Å². The average molecular weight is 867 g/mol. The van der Waals surface area contributed by atoms with E-state index in [-0.39, 0.29) is 21.6 Å². The van der Waals surface area contributed by atoms with Crippen molar-refractivity contribution in [2.24, 2.45) is 11.8 Å². The zero-order valence-corrected chi connectivity index (χ0v) is 37.8. The molecule has 5 aromatic rings. The maximum absolute atomic E-state index is 13.7. The molecule has 14 heteroatoms. The summed E-state index contributed by atoms with van der Waals surface area (Å²) in [6, 6.07) is 20.7. The van der Waals surface area contributed by atoms with Gasteiger partial charge in [-0.3, -0.25) is 0 Å². The van der Waals surface area contributed by atoms with Crippen LogP contribution < -0.4 is 0 Å². The summed E-state index contributed by atoms with van der Waals surface area (Å²) in [5.41, 5.74) is 4.35. The number of hydrogen-bond donors (Lipinski definition) is 0. The number of fused-ring (bicyclic) bond motifs is 2. The molecular formula is C45H60ClN5O6S2. The van der Waals surface area contributed by atoms with Crippen LogP contribution in [0.1, 0.15) is 103 Å². The molecule has 11 nitrogen and oxygen atoms in total. The van der Waals surface area contributed by atoms with Crippen molar-refractivity contribution in [1.82, 2.24) is 23.4 Å². The number of hydrogen-bond acceptors (Lipinski definition) is 8. The predicted octanol–water partition coefficient (Wildman–Crippen LogP) is 9.02. The zero-order chi connectivity index (χ0) is 42.2. The Labute approximate surface area is 354 Å². The Morgan fingerprint density at radius 1 is 0.661 bits per heavy atom. The highest BCUT2D eigenvalue weighted by Gasteiger charge is 2.33. The first-order chi connectivity index (χ1) is 27.9. The molecule has 3 aliphatic rings. The van der Waals surface area contributed by atoms with Crippen LogP contribution in [0.3, 0.4) is 0 Å². The van der Waals surface area contributed by atoms with E-state index in [1.54, 1.807) is 28.6 Å². The molecule has 0 radical (unpaired) electrons. The van der Waals surface area contributed by atoms with Crippen LogP contribution in [-0.2, 0) is 52.5 Å². The van der Waals surface area contributed by atoms with Crippen LogP contribution >= 0.6 is 10.7 Å². The first-order valence-electron chi connectivity index (χ1n) is 21.1. The second kappa shape index (κ2) is 17.6. The van der Waals surface area contributed by atoms with E-state index in [0.717, 1.165) is 106 Å². The number of piperidine rings is 1. The molecule has 320 valence electrons. The summed E-state index contributed by atoms with van der Waals surface area (Å²) in [5, 5.41) is 0. The molecule has 2 aromatic heterocycles. The minimum absolute atomic E-state index is 0.0906. The normalized spacial score (nSPS) is 19.5. The number of sulfonamides is 1. The summed E-state index contributed by atoms with van der Waals surface area (Å²) in [7, 11) is -1.87. The number of nitrogens with zero attached hydrogens (tertiary/aromatic N) is 5. The Kier molecular flexibility index (Phi) is 13.0. The molecule has 0 bridgehead atoms. The van der Waals surface area contributed by atoms with Gasteiger partial charge in [0, 0.05) is 74.1 Å². The minimum Gasteiger partial charge on any atom is -0.381 e. The van der Waals surface area contributed by atoms with Crippen molar-refractivity contribution in [2.75, 3.05) is 39.5 Å². The zero-order valence-electron chi connectivity index (χ0n) is 35.4. The molecule has 8 rings (SSSR count). The van der Waals surface area contributed by atoms with E-state index in [1.165, 1.54) is 5.56 Å². The molecule has 0 N–H and O–H groups in total. The Bertz CT molecular complexity index is 2460. The van der Waals surface area contributed by atoms with Gasteiger partial charge in [-0.05, 0) is 98.2 Å². The first kappa shape index (κ1) is 43.7. The average Bonchev–Trinajstić information content (AvgIpc) is 3.77. The largest absolute Gasteiger partial charge is 0.381 e. The summed E-state index contributed by atoms with van der Waals surface area (Å²) in [6.45, 7) is 18.9. The molecule has 0 amide bonds. The van der Waals surface area contributed by atoms with Crippen molar-refractivity contribution in [3.63, 3.8) is 0 Å². The predicted molar refractivity (Wildman–Crippen MR) is 234 cm³/mol. The fraction of sp³-hybridized carbons (Fsp3) is 0.556. The molecule has 3 saturated heterocycles. The third-order valence-corrected chi connectivity index (χ3v) is 15.1. The molecule has 0 aliphatic carbocycles. The second-order valence-corrected chi connectivity index (χ2v) is 23.1. The lowest BCUT2D eigenvalue weighted by Crippen LogP contribution is -2.39. The van der Waals surface area contributed by atoms with Gasteiger partial charge in [0.2, 0.25) is 10.0 Å². The van der Waals surface area contributed by atoms with E-state index in [2.05, 4.69) is 62.8 Å². The highest BCUT2D eigenvalue weighted by Crippen LogP contribution is 2.35. The highest BCUT2D eigenvalue weighted by atomic mass is 35.7. The lowest BCUT2D eigenvalue weighted by Gasteiger charge is -2.32. The quantitative estimate of drug-likeness (QED) is 0.142. The molecule has 59 heavy (non-hydrogen) atoms. The maximum atomic E-state index is 13.7. The Morgan fingerprint density at radius 2 is 1.14 bits per heavy atom. The summed E-state index contributed by atoms with van der Waals surface area (Å²) in [4.78, 5) is 10.1. The van der Waals surface area contributed by atoms with E-state index in [9.17, 15) is 16.8 Å². The molecule has 1 unspecified atom stereocenters. The summed E-state index contributed by atoms with van der Waals surface area (Å²) < 4.78 is 67.8. The van der Waals surface area contributed by atoms with Crippen LogP contribution in [0.2, 0.25) is 0 Å². The number of rotatable bonds is 8. The number of aromatic nitrogens is 4. The summed E-state index contributed by atoms with van der Waals surface area (Å²) >= 11 is 0. The molecule has 0 spiro atoms. The number of halogens is 1. The van der Waals surface area contributed by atoms with Gasteiger partial charge in [-0.25, -0.2) is 26.8 Å². The standard InChI is InChI=1S/C28H37N3O3S.C17H23ClN2O3S/c1-28(2,3)27-29-25-18-24(11-12-26(25)31(27)19-21-13-16-34-17-14-21)35(32,33)30-15-7-10-23(20-30)22-8-5-4-6-9-22;1-17(2,3)16-19-14-10-13(24(18,21)22)4-5-15(14)20(16)11-12-6-8-23-9-7-12/h4-6,8-9,11-12,18,21,23H,7,10,13-17,19-20H2,1-3H3;4-5,10,12H,6-9,11H2,1-3H3. The van der Waals surface area contributed by atoms with Gasteiger partial charge in [0.05, 0.1) is 31.9 Å². The van der Waals surface area contributed by atoms with Crippen LogP contribution in [0.4, 0.5) is 0 Å². The first-order valence-corrected chi connectivity index (χ1v) is 24.8. The smallest absolute Gasteiger partial charge is 0.261 e. The fourth-order valence-corrected chi connectivity index (χ4v) is 11.0. The molecular weight excluding hydrogens is 806 g/mol. The van der Waals surface area contributed by atoms with Gasteiger partial charge < -0.3 is 18.6 Å². The van der Waals surface area contributed by atoms with Crippen molar-refractivity contribution in [2.45, 2.75) is 120 Å². The van der Waals surface area contributed by atoms with Gasteiger partial charge >= 0.3 is 0 Å². The number of imidazole rings is 2. The monoisotopic (exact) mass is 865 g/mol. The van der Waals surface area contributed by atoms with E-state index in [0.29, 0.717) is 35.3 Å². The SMILES string of the molecule is CC(C)(C)c1nc2cc(S(=O)(=O)Cl)ccc2n1CC1CCOCC1.CC(C)(C)c1nc2cc(S(=O)(=O)N3CCCC(c4ccccc4)C3)ccc2n1CC1CCOCC1. The van der Waals surface area contributed by atoms with Crippen LogP contribution in [0.15, 0.2) is 76.5 Å². The summed E-state index contributed by atoms with van der Waals surface area (Å²) in [6.07, 6.45) is 6.06. The minimum atomic E-state index is -3.75. The highest BCUT2D eigenvalue weighted by molar-refractivity contribution is 8.13. The van der Waals surface area contributed by atoms with E-state index < -0.39 is 19.1 Å². The van der Waals surface area contributed by atoms with Crippen LogP contribution in [-0.4, -0.2) is 79.8 Å². The Hall–Kier alpha value is -3.33. The fourth-order valence-electron chi connectivity index (χ4n) is 8.73. The number of ether oxygens (including phenoxy) is 2. The maximum Gasteiger partial charge on any atom is 0.261 e. The van der Waals surface area contributed by atoms with Gasteiger partial charge in [0.1, 0.15) is 11.6 Å². The molecule has 1 atom stereocenters. The molecule has 3 aromatic carbocycles. The van der Waals surface area contributed by atoms with Crippen LogP contribution in [0.25, 0.3) is 22.1 Å². The molecule has 3 aliphatic heterocycles. The topological polar surface area (TPSA) is 126 Å². The third kappa shape index (κ3) is 10.1. The lowest BCUT2D eigenvalue weighted by atomic mass is 9.92. The number of benzene rings is 3.